The minimum absolute atomic E-state index is 0.0131. The van der Waals surface area contributed by atoms with Crippen molar-refractivity contribution in [3.05, 3.63) is 76.3 Å². The second kappa shape index (κ2) is 6.55. The summed E-state index contributed by atoms with van der Waals surface area (Å²) in [4.78, 5) is 12.4. The van der Waals surface area contributed by atoms with E-state index in [4.69, 9.17) is 4.74 Å². The normalized spacial score (nSPS) is 12.1. The molecule has 3 aromatic carbocycles. The zero-order chi connectivity index (χ0) is 16.4. The first-order chi connectivity index (χ1) is 11.0. The van der Waals surface area contributed by atoms with Crippen LogP contribution in [0, 0.1) is 6.92 Å². The maximum absolute atomic E-state index is 12.4. The van der Waals surface area contributed by atoms with Crippen molar-refractivity contribution in [2.45, 2.75) is 20.0 Å². The highest BCUT2D eigenvalue weighted by atomic mass is 79.9. The summed E-state index contributed by atoms with van der Waals surface area (Å²) in [5, 5.41) is 2.21. The van der Waals surface area contributed by atoms with Crippen LogP contribution in [0.15, 0.2) is 65.1 Å². The predicted molar refractivity (Wildman–Crippen MR) is 97.2 cm³/mol. The Morgan fingerprint density at radius 2 is 1.61 bits per heavy atom. The Kier molecular flexibility index (Phi) is 4.49. The molecule has 0 aliphatic heterocycles. The lowest BCUT2D eigenvalue weighted by Crippen LogP contribution is -2.23. The minimum Gasteiger partial charge on any atom is -0.483 e. The molecule has 0 aliphatic rings. The van der Waals surface area contributed by atoms with Crippen molar-refractivity contribution in [2.24, 2.45) is 0 Å². The number of fused-ring (bicyclic) bond motifs is 1. The Morgan fingerprint density at radius 3 is 2.35 bits per heavy atom. The fourth-order valence-electron chi connectivity index (χ4n) is 2.48. The topological polar surface area (TPSA) is 26.3 Å². The molecule has 1 atom stereocenters. The zero-order valence-corrected chi connectivity index (χ0v) is 14.6. The first-order valence-corrected chi connectivity index (χ1v) is 8.29. The molecule has 116 valence electrons. The summed E-state index contributed by atoms with van der Waals surface area (Å²) >= 11 is 3.47. The van der Waals surface area contributed by atoms with E-state index in [0.29, 0.717) is 11.3 Å². The summed E-state index contributed by atoms with van der Waals surface area (Å²) < 4.78 is 6.88. The monoisotopic (exact) mass is 368 g/mol. The fraction of sp³-hybridized carbons (Fsp3) is 0.150. The molecule has 3 heteroatoms. The van der Waals surface area contributed by atoms with Gasteiger partial charge in [0, 0.05) is 10.0 Å². The van der Waals surface area contributed by atoms with Crippen molar-refractivity contribution in [1.82, 2.24) is 0 Å². The van der Waals surface area contributed by atoms with Gasteiger partial charge in [-0.05, 0) is 48.9 Å². The van der Waals surface area contributed by atoms with E-state index >= 15 is 0 Å². The fourth-order valence-corrected chi connectivity index (χ4v) is 2.86. The van der Waals surface area contributed by atoms with Gasteiger partial charge < -0.3 is 4.74 Å². The van der Waals surface area contributed by atoms with Crippen molar-refractivity contribution >= 4 is 32.5 Å². The Balaban J connectivity index is 1.79. The molecule has 0 saturated heterocycles. The number of benzene rings is 3. The molecule has 0 bridgehead atoms. The van der Waals surface area contributed by atoms with Gasteiger partial charge in [0.2, 0.25) is 5.78 Å². The number of carbonyl (C=O) groups is 1. The summed E-state index contributed by atoms with van der Waals surface area (Å²) in [6.45, 7) is 3.79. The molecule has 3 rings (SSSR count). The predicted octanol–water partition coefficient (Wildman–Crippen LogP) is 5.56. The number of Topliss-reactive ketones (excluding diaryl/α,β-unsaturated/α-hetero) is 1. The van der Waals surface area contributed by atoms with Crippen LogP contribution in [-0.4, -0.2) is 11.9 Å². The highest BCUT2D eigenvalue weighted by Crippen LogP contribution is 2.25. The summed E-state index contributed by atoms with van der Waals surface area (Å²) in [6, 6.07) is 19.5. The molecule has 0 spiro atoms. The average molecular weight is 369 g/mol. The van der Waals surface area contributed by atoms with E-state index in [2.05, 4.69) is 22.0 Å². The number of aryl methyl sites for hydroxylation is 1. The Labute approximate surface area is 144 Å². The Morgan fingerprint density at radius 1 is 0.957 bits per heavy atom. The first-order valence-electron chi connectivity index (χ1n) is 7.50. The molecule has 0 saturated carbocycles. The van der Waals surface area contributed by atoms with Crippen LogP contribution in [0.2, 0.25) is 0 Å². The Hall–Kier alpha value is -2.13. The standard InChI is InChI=1S/C20H17BrO2/c1-13-3-5-15(6-4-13)20(22)14(2)23-19-10-8-16-11-18(21)9-7-17(16)12-19/h3-12,14H,1-2H3/t14-/m0/s1. The average Bonchev–Trinajstić information content (AvgIpc) is 2.55. The summed E-state index contributed by atoms with van der Waals surface area (Å²) in [7, 11) is 0. The molecule has 0 N–H and O–H groups in total. The van der Waals surface area contributed by atoms with Gasteiger partial charge in [-0.15, -0.1) is 0 Å². The lowest BCUT2D eigenvalue weighted by atomic mass is 10.1. The molecule has 23 heavy (non-hydrogen) atoms. The SMILES string of the molecule is Cc1ccc(C(=O)[C@H](C)Oc2ccc3cc(Br)ccc3c2)cc1. The number of carbonyl (C=O) groups excluding carboxylic acids is 1. The van der Waals surface area contributed by atoms with Crippen molar-refractivity contribution in [3.63, 3.8) is 0 Å². The van der Waals surface area contributed by atoms with E-state index < -0.39 is 6.10 Å². The van der Waals surface area contributed by atoms with Crippen LogP contribution < -0.4 is 4.74 Å². The highest BCUT2D eigenvalue weighted by Gasteiger charge is 2.16. The Bertz CT molecular complexity index is 853. The van der Waals surface area contributed by atoms with E-state index in [9.17, 15) is 4.79 Å². The number of hydrogen-bond acceptors (Lipinski definition) is 2. The van der Waals surface area contributed by atoms with Crippen LogP contribution in [-0.2, 0) is 0 Å². The number of rotatable bonds is 4. The van der Waals surface area contributed by atoms with Gasteiger partial charge in [-0.3, -0.25) is 4.79 Å². The molecule has 0 unspecified atom stereocenters. The largest absolute Gasteiger partial charge is 0.483 e. The van der Waals surface area contributed by atoms with Gasteiger partial charge in [-0.25, -0.2) is 0 Å². The summed E-state index contributed by atoms with van der Waals surface area (Å²) in [6.07, 6.45) is -0.523. The van der Waals surface area contributed by atoms with Gasteiger partial charge in [0.25, 0.3) is 0 Å². The van der Waals surface area contributed by atoms with E-state index in [-0.39, 0.29) is 5.78 Å². The quantitative estimate of drug-likeness (QED) is 0.563. The molecule has 3 aromatic rings. The van der Waals surface area contributed by atoms with Gasteiger partial charge in [0.05, 0.1) is 0 Å². The van der Waals surface area contributed by atoms with Crippen LogP contribution in [0.25, 0.3) is 10.8 Å². The number of hydrogen-bond donors (Lipinski definition) is 0. The van der Waals surface area contributed by atoms with Gasteiger partial charge in [0.1, 0.15) is 5.75 Å². The van der Waals surface area contributed by atoms with Crippen LogP contribution in [0.4, 0.5) is 0 Å². The van der Waals surface area contributed by atoms with Gasteiger partial charge >= 0.3 is 0 Å². The van der Waals surface area contributed by atoms with E-state index in [1.165, 1.54) is 0 Å². The van der Waals surface area contributed by atoms with E-state index in [0.717, 1.165) is 20.8 Å². The number of halogens is 1. The molecule has 0 fully saturated rings. The maximum Gasteiger partial charge on any atom is 0.202 e. The molecule has 0 aromatic heterocycles. The molecule has 0 radical (unpaired) electrons. The second-order valence-corrected chi connectivity index (χ2v) is 6.56. The van der Waals surface area contributed by atoms with E-state index in [1.807, 2.05) is 61.5 Å². The molecule has 2 nitrogen and oxygen atoms in total. The second-order valence-electron chi connectivity index (χ2n) is 5.64. The lowest BCUT2D eigenvalue weighted by Gasteiger charge is -2.14. The number of ketones is 1. The lowest BCUT2D eigenvalue weighted by molar-refractivity contribution is 0.0818. The molecule has 0 aliphatic carbocycles. The summed E-state index contributed by atoms with van der Waals surface area (Å²) in [5.74, 6) is 0.689. The molecular formula is C20H17BrO2. The summed E-state index contributed by atoms with van der Waals surface area (Å²) in [5.41, 5.74) is 1.81. The first kappa shape index (κ1) is 15.8. The van der Waals surface area contributed by atoms with Crippen molar-refractivity contribution in [2.75, 3.05) is 0 Å². The van der Waals surface area contributed by atoms with Gasteiger partial charge in [-0.1, -0.05) is 57.9 Å². The highest BCUT2D eigenvalue weighted by molar-refractivity contribution is 9.10. The maximum atomic E-state index is 12.4. The molecular weight excluding hydrogens is 352 g/mol. The third kappa shape index (κ3) is 3.62. The minimum atomic E-state index is -0.523. The molecule has 0 heterocycles. The number of ether oxygens (including phenoxy) is 1. The smallest absolute Gasteiger partial charge is 0.202 e. The third-order valence-electron chi connectivity index (χ3n) is 3.79. The van der Waals surface area contributed by atoms with Crippen LogP contribution in [0.3, 0.4) is 0 Å². The van der Waals surface area contributed by atoms with Crippen LogP contribution in [0.1, 0.15) is 22.8 Å². The van der Waals surface area contributed by atoms with Gasteiger partial charge in [-0.2, -0.15) is 0 Å². The zero-order valence-electron chi connectivity index (χ0n) is 13.0. The molecule has 0 amide bonds. The van der Waals surface area contributed by atoms with Crippen LogP contribution in [0.5, 0.6) is 5.75 Å². The third-order valence-corrected chi connectivity index (χ3v) is 4.29. The van der Waals surface area contributed by atoms with Crippen LogP contribution >= 0.6 is 15.9 Å². The van der Waals surface area contributed by atoms with Crippen molar-refractivity contribution in [3.8, 4) is 5.75 Å². The van der Waals surface area contributed by atoms with Gasteiger partial charge in [0.15, 0.2) is 6.10 Å². The van der Waals surface area contributed by atoms with Crippen molar-refractivity contribution in [1.29, 1.82) is 0 Å². The van der Waals surface area contributed by atoms with E-state index in [1.54, 1.807) is 6.92 Å². The van der Waals surface area contributed by atoms with Crippen molar-refractivity contribution < 1.29 is 9.53 Å².